The van der Waals surface area contributed by atoms with E-state index in [1.165, 1.54) is 17.6 Å². The molecular formula is C28H30N8O. The molecule has 37 heavy (non-hydrogen) atoms. The van der Waals surface area contributed by atoms with Gasteiger partial charge in [-0.2, -0.15) is 0 Å². The predicted octanol–water partition coefficient (Wildman–Crippen LogP) is 6.21. The van der Waals surface area contributed by atoms with Crippen LogP contribution in [0.15, 0.2) is 65.7 Å². The molecule has 0 spiro atoms. The van der Waals surface area contributed by atoms with Crippen LogP contribution in [0.3, 0.4) is 0 Å². The van der Waals surface area contributed by atoms with Gasteiger partial charge >= 0.3 is 0 Å². The number of nitrogens with one attached hydrogen (secondary N) is 2. The van der Waals surface area contributed by atoms with Gasteiger partial charge in [-0.05, 0) is 63.1 Å². The van der Waals surface area contributed by atoms with Crippen molar-refractivity contribution in [1.82, 2.24) is 19.9 Å². The quantitative estimate of drug-likeness (QED) is 0.293. The highest BCUT2D eigenvalue weighted by atomic mass is 16.5. The molecule has 1 aliphatic heterocycles. The molecule has 0 bridgehead atoms. The van der Waals surface area contributed by atoms with Gasteiger partial charge < -0.3 is 20.3 Å². The fourth-order valence-corrected chi connectivity index (χ4v) is 3.92. The highest BCUT2D eigenvalue weighted by molar-refractivity contribution is 5.98. The summed E-state index contributed by atoms with van der Waals surface area (Å²) in [5.74, 6) is 2.72. The van der Waals surface area contributed by atoms with E-state index in [0.29, 0.717) is 22.7 Å². The maximum absolute atomic E-state index is 6.18. The molecule has 2 aromatic heterocycles. The topological polar surface area (TPSA) is 100 Å². The summed E-state index contributed by atoms with van der Waals surface area (Å²) in [7, 11) is 2.06. The molecule has 0 radical (unpaired) electrons. The first-order chi connectivity index (χ1) is 17.9. The summed E-state index contributed by atoms with van der Waals surface area (Å²) in [4.78, 5) is 24.6. The molecule has 9 nitrogen and oxygen atoms in total. The lowest BCUT2D eigenvalue weighted by atomic mass is 10.2. The van der Waals surface area contributed by atoms with Gasteiger partial charge in [0.15, 0.2) is 11.6 Å². The summed E-state index contributed by atoms with van der Waals surface area (Å²) in [5, 5.41) is 6.75. The Kier molecular flexibility index (Phi) is 6.68. The van der Waals surface area contributed by atoms with Gasteiger partial charge in [-0.25, -0.2) is 19.9 Å². The highest BCUT2D eigenvalue weighted by Gasteiger charge is 2.16. The molecule has 3 heterocycles. The molecule has 0 fully saturated rings. The smallest absolute Gasteiger partial charge is 0.174 e. The maximum atomic E-state index is 6.18. The molecule has 4 aromatic rings. The van der Waals surface area contributed by atoms with Gasteiger partial charge in [-0.3, -0.25) is 4.99 Å². The van der Waals surface area contributed by atoms with Crippen LogP contribution in [0.2, 0.25) is 0 Å². The maximum Gasteiger partial charge on any atom is 0.174 e. The van der Waals surface area contributed by atoms with Crippen LogP contribution in [0, 0.1) is 6.92 Å². The van der Waals surface area contributed by atoms with Crippen molar-refractivity contribution in [3.05, 3.63) is 72.1 Å². The van der Waals surface area contributed by atoms with Gasteiger partial charge in [-0.1, -0.05) is 12.5 Å². The van der Waals surface area contributed by atoms with Crippen molar-refractivity contribution in [2.24, 2.45) is 4.99 Å². The Bertz CT molecular complexity index is 1530. The summed E-state index contributed by atoms with van der Waals surface area (Å²) in [5.41, 5.74) is 7.31. The highest BCUT2D eigenvalue weighted by Crippen LogP contribution is 2.36. The monoisotopic (exact) mass is 494 g/mol. The summed E-state index contributed by atoms with van der Waals surface area (Å²) < 4.78 is 6.18. The van der Waals surface area contributed by atoms with E-state index in [1.807, 2.05) is 57.3 Å². The Hall–Kier alpha value is -4.53. The van der Waals surface area contributed by atoms with Crippen LogP contribution < -0.4 is 20.3 Å². The molecule has 2 N–H and O–H groups in total. The third kappa shape index (κ3) is 5.20. The third-order valence-corrected chi connectivity index (χ3v) is 6.29. The molecule has 5 rings (SSSR count). The zero-order chi connectivity index (χ0) is 25.9. The average molecular weight is 495 g/mol. The van der Waals surface area contributed by atoms with Gasteiger partial charge in [0.05, 0.1) is 30.0 Å². The minimum Gasteiger partial charge on any atom is -0.457 e. The van der Waals surface area contributed by atoms with Crippen LogP contribution in [-0.2, 0) is 0 Å². The molecule has 1 aliphatic rings. The second-order valence-corrected chi connectivity index (χ2v) is 9.11. The predicted molar refractivity (Wildman–Crippen MR) is 149 cm³/mol. The summed E-state index contributed by atoms with van der Waals surface area (Å²) >= 11 is 0. The number of nitrogens with zero attached hydrogens (tertiary/aromatic N) is 6. The standard InChI is InChI=1S/C28H30N8O/c1-6-17(2)13-29-19(4)27-30-14-23-26(35-27)28(32-15-31-23)34-20-7-10-25(18(3)11-20)37-21-8-9-24-22(12-21)33-16-36(24)5/h7-15,33H,6,16H2,1-5H3,(H,31,32,34)/b17-13-,29-19?. The first-order valence-electron chi connectivity index (χ1n) is 12.2. The Balaban J connectivity index is 1.38. The first kappa shape index (κ1) is 24.2. The van der Waals surface area contributed by atoms with Crippen LogP contribution in [0.4, 0.5) is 22.9 Å². The van der Waals surface area contributed by atoms with Crippen molar-refractivity contribution in [2.45, 2.75) is 34.1 Å². The van der Waals surface area contributed by atoms with Gasteiger partial charge in [-0.15, -0.1) is 0 Å². The van der Waals surface area contributed by atoms with E-state index >= 15 is 0 Å². The number of hydrogen-bond acceptors (Lipinski definition) is 9. The molecule has 2 aromatic carbocycles. The number of aliphatic imine (C=N–C) groups is 1. The van der Waals surface area contributed by atoms with Crippen LogP contribution in [0.25, 0.3) is 11.0 Å². The van der Waals surface area contributed by atoms with E-state index in [9.17, 15) is 0 Å². The van der Waals surface area contributed by atoms with Crippen LogP contribution in [0.5, 0.6) is 11.5 Å². The van der Waals surface area contributed by atoms with Crippen molar-refractivity contribution in [3.63, 3.8) is 0 Å². The lowest BCUT2D eigenvalue weighted by Gasteiger charge is -2.13. The van der Waals surface area contributed by atoms with Crippen LogP contribution in [-0.4, -0.2) is 39.4 Å². The fraction of sp³-hybridized carbons (Fsp3) is 0.250. The minimum atomic E-state index is 0.542. The minimum absolute atomic E-state index is 0.542. The van der Waals surface area contributed by atoms with Crippen LogP contribution in [0.1, 0.15) is 38.6 Å². The Labute approximate surface area is 216 Å². The lowest BCUT2D eigenvalue weighted by Crippen LogP contribution is -2.15. The van der Waals surface area contributed by atoms with E-state index in [-0.39, 0.29) is 0 Å². The van der Waals surface area contributed by atoms with Crippen molar-refractivity contribution in [3.8, 4) is 11.5 Å². The molecule has 0 aliphatic carbocycles. The summed E-state index contributed by atoms with van der Waals surface area (Å²) in [6.45, 7) is 8.86. The molecule has 0 saturated heterocycles. The van der Waals surface area contributed by atoms with Crippen LogP contribution >= 0.6 is 0 Å². The number of anilines is 4. The second kappa shape index (κ2) is 10.2. The number of allylic oxidation sites excluding steroid dienone is 1. The van der Waals surface area contributed by atoms with E-state index in [1.54, 1.807) is 6.20 Å². The largest absolute Gasteiger partial charge is 0.457 e. The molecular weight excluding hydrogens is 464 g/mol. The Morgan fingerprint density at radius 3 is 2.84 bits per heavy atom. The molecule has 9 heteroatoms. The van der Waals surface area contributed by atoms with E-state index in [4.69, 9.17) is 9.72 Å². The lowest BCUT2D eigenvalue weighted by molar-refractivity contribution is 0.479. The average Bonchev–Trinajstić information content (AvgIpc) is 3.28. The van der Waals surface area contributed by atoms with Gasteiger partial charge in [0.2, 0.25) is 0 Å². The number of hydrogen-bond donors (Lipinski definition) is 2. The number of aryl methyl sites for hydroxylation is 1. The van der Waals surface area contributed by atoms with Gasteiger partial charge in [0, 0.05) is 25.0 Å². The van der Waals surface area contributed by atoms with E-state index < -0.39 is 0 Å². The number of benzene rings is 2. The zero-order valence-electron chi connectivity index (χ0n) is 21.7. The SMILES string of the molecule is CC/C(C)=C\N=C(C)c1ncc2ncnc(Nc3ccc(Oc4ccc5c(c4)NCN5C)c(C)c3)c2n1. The Morgan fingerprint density at radius 1 is 1.16 bits per heavy atom. The van der Waals surface area contributed by atoms with Gasteiger partial charge in [0.25, 0.3) is 0 Å². The van der Waals surface area contributed by atoms with E-state index in [2.05, 4.69) is 55.5 Å². The normalized spacial score (nSPS) is 13.5. The van der Waals surface area contributed by atoms with E-state index in [0.717, 1.165) is 47.2 Å². The summed E-state index contributed by atoms with van der Waals surface area (Å²) in [6, 6.07) is 12.0. The van der Waals surface area contributed by atoms with Crippen molar-refractivity contribution in [2.75, 3.05) is 29.2 Å². The number of fused-ring (bicyclic) bond motifs is 2. The second-order valence-electron chi connectivity index (χ2n) is 9.11. The Morgan fingerprint density at radius 2 is 2.03 bits per heavy atom. The first-order valence-corrected chi connectivity index (χ1v) is 12.2. The number of rotatable bonds is 7. The van der Waals surface area contributed by atoms with Crippen molar-refractivity contribution in [1.29, 1.82) is 0 Å². The number of ether oxygens (including phenoxy) is 1. The molecule has 0 saturated carbocycles. The van der Waals surface area contributed by atoms with Gasteiger partial charge in [0.1, 0.15) is 28.9 Å². The molecule has 188 valence electrons. The van der Waals surface area contributed by atoms with Crippen molar-refractivity contribution < 1.29 is 4.74 Å². The molecule has 0 atom stereocenters. The molecule has 0 amide bonds. The number of aromatic nitrogens is 4. The third-order valence-electron chi connectivity index (χ3n) is 6.29. The molecule has 0 unspecified atom stereocenters. The summed E-state index contributed by atoms with van der Waals surface area (Å²) in [6.07, 6.45) is 6.01. The zero-order valence-corrected chi connectivity index (χ0v) is 21.7. The van der Waals surface area contributed by atoms with Crippen molar-refractivity contribution >= 4 is 39.6 Å². The fourth-order valence-electron chi connectivity index (χ4n) is 3.92.